The predicted octanol–water partition coefficient (Wildman–Crippen LogP) is 3.15. The predicted molar refractivity (Wildman–Crippen MR) is 47.5 cm³/mol. The van der Waals surface area contributed by atoms with Crippen molar-refractivity contribution in [2.75, 3.05) is 11.6 Å². The van der Waals surface area contributed by atoms with Gasteiger partial charge in [0.25, 0.3) is 0 Å². The highest BCUT2D eigenvalue weighted by atomic mass is 35.5. The Kier molecular flexibility index (Phi) is 7.24. The van der Waals surface area contributed by atoms with Crippen molar-refractivity contribution in [3.05, 3.63) is 0 Å². The topological polar surface area (TPSA) is 0 Å². The van der Waals surface area contributed by atoms with Gasteiger partial charge < -0.3 is 0 Å². The van der Waals surface area contributed by atoms with Crippen LogP contribution in [0.25, 0.3) is 0 Å². The molecule has 0 radical (unpaired) electrons. The quantitative estimate of drug-likeness (QED) is 0.566. The molecule has 0 N–H and O–H groups in total. The van der Waals surface area contributed by atoms with Crippen molar-refractivity contribution < 1.29 is 0 Å². The zero-order valence-corrected chi connectivity index (χ0v) is 7.76. The van der Waals surface area contributed by atoms with E-state index in [1.807, 2.05) is 11.8 Å². The molecule has 0 aliphatic heterocycles. The lowest BCUT2D eigenvalue weighted by molar-refractivity contribution is 0.792. The SMILES string of the molecule is CCSC(C)CCCCl. The van der Waals surface area contributed by atoms with Crippen LogP contribution >= 0.6 is 23.4 Å². The first-order chi connectivity index (χ1) is 4.31. The summed E-state index contributed by atoms with van der Waals surface area (Å²) in [6.45, 7) is 4.46. The van der Waals surface area contributed by atoms with Crippen LogP contribution < -0.4 is 0 Å². The molecule has 0 nitrogen and oxygen atoms in total. The van der Waals surface area contributed by atoms with E-state index in [2.05, 4.69) is 13.8 Å². The number of rotatable bonds is 5. The van der Waals surface area contributed by atoms with Gasteiger partial charge in [-0.25, -0.2) is 0 Å². The Hall–Kier alpha value is 0.640. The molecule has 0 spiro atoms. The molecule has 0 aromatic heterocycles. The van der Waals surface area contributed by atoms with Gasteiger partial charge in [0.15, 0.2) is 0 Å². The van der Waals surface area contributed by atoms with Crippen LogP contribution in [0.15, 0.2) is 0 Å². The summed E-state index contributed by atoms with van der Waals surface area (Å²) in [5.41, 5.74) is 0. The third-order valence-corrected chi connectivity index (χ3v) is 2.60. The summed E-state index contributed by atoms with van der Waals surface area (Å²) in [4.78, 5) is 0. The van der Waals surface area contributed by atoms with Gasteiger partial charge in [-0.2, -0.15) is 11.8 Å². The van der Waals surface area contributed by atoms with Gasteiger partial charge in [0.2, 0.25) is 0 Å². The van der Waals surface area contributed by atoms with Crippen molar-refractivity contribution in [2.45, 2.75) is 31.9 Å². The molecule has 0 amide bonds. The second kappa shape index (κ2) is 6.76. The maximum Gasteiger partial charge on any atom is 0.0223 e. The second-order valence-electron chi connectivity index (χ2n) is 2.10. The third-order valence-electron chi connectivity index (χ3n) is 1.20. The first kappa shape index (κ1) is 9.64. The number of hydrogen-bond donors (Lipinski definition) is 0. The zero-order valence-electron chi connectivity index (χ0n) is 6.19. The first-order valence-corrected chi connectivity index (χ1v) is 5.07. The summed E-state index contributed by atoms with van der Waals surface area (Å²) >= 11 is 7.55. The number of thioether (sulfide) groups is 1. The molecular formula is C7H15ClS. The van der Waals surface area contributed by atoms with E-state index in [4.69, 9.17) is 11.6 Å². The Morgan fingerprint density at radius 2 is 2.22 bits per heavy atom. The maximum atomic E-state index is 5.54. The minimum atomic E-state index is 0.800. The highest BCUT2D eigenvalue weighted by molar-refractivity contribution is 7.99. The minimum Gasteiger partial charge on any atom is -0.159 e. The molecule has 1 atom stereocenters. The normalized spacial score (nSPS) is 13.7. The van der Waals surface area contributed by atoms with E-state index < -0.39 is 0 Å². The van der Waals surface area contributed by atoms with Gasteiger partial charge in [-0.3, -0.25) is 0 Å². The molecule has 0 aromatic carbocycles. The lowest BCUT2D eigenvalue weighted by Crippen LogP contribution is -1.96. The van der Waals surface area contributed by atoms with Crippen molar-refractivity contribution in [3.63, 3.8) is 0 Å². The van der Waals surface area contributed by atoms with E-state index >= 15 is 0 Å². The number of halogens is 1. The van der Waals surface area contributed by atoms with Gasteiger partial charge in [0.1, 0.15) is 0 Å². The van der Waals surface area contributed by atoms with Crippen molar-refractivity contribution >= 4 is 23.4 Å². The zero-order chi connectivity index (χ0) is 7.11. The fourth-order valence-corrected chi connectivity index (χ4v) is 1.79. The Morgan fingerprint density at radius 1 is 1.56 bits per heavy atom. The first-order valence-electron chi connectivity index (χ1n) is 3.48. The van der Waals surface area contributed by atoms with Gasteiger partial charge in [0, 0.05) is 11.1 Å². The number of alkyl halides is 1. The van der Waals surface area contributed by atoms with Crippen LogP contribution in [0, 0.1) is 0 Å². The molecule has 0 saturated heterocycles. The van der Waals surface area contributed by atoms with Crippen LogP contribution in [-0.4, -0.2) is 16.9 Å². The average molecular weight is 167 g/mol. The third kappa shape index (κ3) is 6.53. The summed E-state index contributed by atoms with van der Waals surface area (Å²) in [6.07, 6.45) is 2.43. The summed E-state index contributed by atoms with van der Waals surface area (Å²) in [7, 11) is 0. The van der Waals surface area contributed by atoms with E-state index in [-0.39, 0.29) is 0 Å². The molecule has 1 unspecified atom stereocenters. The fourth-order valence-electron chi connectivity index (χ4n) is 0.732. The highest BCUT2D eigenvalue weighted by Gasteiger charge is 1.98. The van der Waals surface area contributed by atoms with Crippen molar-refractivity contribution in [3.8, 4) is 0 Å². The smallest absolute Gasteiger partial charge is 0.0223 e. The molecule has 0 heterocycles. The lowest BCUT2D eigenvalue weighted by atomic mass is 10.3. The van der Waals surface area contributed by atoms with Gasteiger partial charge in [-0.15, -0.1) is 11.6 Å². The molecule has 0 aliphatic rings. The van der Waals surface area contributed by atoms with E-state index in [1.165, 1.54) is 12.2 Å². The standard InChI is InChI=1S/C7H15ClS/c1-3-9-7(2)5-4-6-8/h7H,3-6H2,1-2H3. The summed E-state index contributed by atoms with van der Waals surface area (Å²) in [5, 5.41) is 0.800. The van der Waals surface area contributed by atoms with Crippen LogP contribution in [0.1, 0.15) is 26.7 Å². The summed E-state index contributed by atoms with van der Waals surface area (Å²) in [5.74, 6) is 2.04. The molecule has 0 aromatic rings. The highest BCUT2D eigenvalue weighted by Crippen LogP contribution is 2.14. The van der Waals surface area contributed by atoms with Gasteiger partial charge in [-0.1, -0.05) is 13.8 Å². The molecule has 0 fully saturated rings. The van der Waals surface area contributed by atoms with Crippen LogP contribution in [0.5, 0.6) is 0 Å². The maximum absolute atomic E-state index is 5.54. The minimum absolute atomic E-state index is 0.800. The molecular weight excluding hydrogens is 152 g/mol. The van der Waals surface area contributed by atoms with Crippen LogP contribution in [0.2, 0.25) is 0 Å². The van der Waals surface area contributed by atoms with E-state index in [0.29, 0.717) is 0 Å². The average Bonchev–Trinajstić information content (AvgIpc) is 1.85. The lowest BCUT2D eigenvalue weighted by Gasteiger charge is -2.06. The Balaban J connectivity index is 2.95. The van der Waals surface area contributed by atoms with Crippen molar-refractivity contribution in [1.82, 2.24) is 0 Å². The molecule has 56 valence electrons. The number of hydrogen-bond acceptors (Lipinski definition) is 1. The van der Waals surface area contributed by atoms with Crippen LogP contribution in [-0.2, 0) is 0 Å². The van der Waals surface area contributed by atoms with Crippen molar-refractivity contribution in [2.24, 2.45) is 0 Å². The van der Waals surface area contributed by atoms with E-state index in [1.54, 1.807) is 0 Å². The molecule has 0 rings (SSSR count). The molecule has 0 bridgehead atoms. The van der Waals surface area contributed by atoms with E-state index in [9.17, 15) is 0 Å². The van der Waals surface area contributed by atoms with Crippen LogP contribution in [0.3, 0.4) is 0 Å². The summed E-state index contributed by atoms with van der Waals surface area (Å²) in [6, 6.07) is 0. The van der Waals surface area contributed by atoms with Gasteiger partial charge >= 0.3 is 0 Å². The van der Waals surface area contributed by atoms with E-state index in [0.717, 1.165) is 17.6 Å². The fraction of sp³-hybridized carbons (Fsp3) is 1.00. The van der Waals surface area contributed by atoms with Gasteiger partial charge in [-0.05, 0) is 18.6 Å². The Bertz CT molecular complexity index is 56.9. The monoisotopic (exact) mass is 166 g/mol. The molecule has 0 saturated carbocycles. The Morgan fingerprint density at radius 3 is 2.67 bits per heavy atom. The second-order valence-corrected chi connectivity index (χ2v) is 4.19. The largest absolute Gasteiger partial charge is 0.159 e. The molecule has 0 aliphatic carbocycles. The van der Waals surface area contributed by atoms with Crippen molar-refractivity contribution in [1.29, 1.82) is 0 Å². The Labute approximate surface area is 67.4 Å². The molecule has 9 heavy (non-hydrogen) atoms. The molecule has 2 heteroatoms. The van der Waals surface area contributed by atoms with Crippen LogP contribution in [0.4, 0.5) is 0 Å². The summed E-state index contributed by atoms with van der Waals surface area (Å²) < 4.78 is 0. The van der Waals surface area contributed by atoms with Gasteiger partial charge in [0.05, 0.1) is 0 Å².